The molecule has 0 bridgehead atoms. The number of imidazole rings is 1. The number of rotatable bonds is 5. The highest BCUT2D eigenvalue weighted by Crippen LogP contribution is 2.31. The number of aryl methyl sites for hydroxylation is 2. The van der Waals surface area contributed by atoms with Crippen molar-refractivity contribution in [2.24, 2.45) is 7.05 Å². The lowest BCUT2D eigenvalue weighted by Crippen LogP contribution is -2.27. The summed E-state index contributed by atoms with van der Waals surface area (Å²) in [5.41, 5.74) is 6.66. The largest absolute Gasteiger partial charge is 0.457 e. The molecule has 35 heavy (non-hydrogen) atoms. The summed E-state index contributed by atoms with van der Waals surface area (Å²) >= 11 is 0. The van der Waals surface area contributed by atoms with Crippen molar-refractivity contribution >= 4 is 33.6 Å². The van der Waals surface area contributed by atoms with Crippen LogP contribution in [-0.2, 0) is 7.05 Å². The Hall–Kier alpha value is -4.04. The number of aromatic nitrogens is 5. The van der Waals surface area contributed by atoms with Gasteiger partial charge in [0.2, 0.25) is 0 Å². The van der Waals surface area contributed by atoms with E-state index >= 15 is 0 Å². The summed E-state index contributed by atoms with van der Waals surface area (Å²) in [6, 6.07) is 16.1. The number of ether oxygens (including phenoxy) is 1. The maximum atomic E-state index is 6.16. The molecular weight excluding hydrogens is 438 g/mol. The number of pyridine rings is 1. The molecule has 0 radical (unpaired) electrons. The summed E-state index contributed by atoms with van der Waals surface area (Å²) in [4.78, 5) is 18.3. The summed E-state index contributed by atoms with van der Waals surface area (Å²) < 4.78 is 8.16. The fourth-order valence-electron chi connectivity index (χ4n) is 4.68. The Balaban J connectivity index is 1.25. The van der Waals surface area contributed by atoms with Crippen molar-refractivity contribution in [3.05, 3.63) is 72.4 Å². The van der Waals surface area contributed by atoms with Crippen LogP contribution in [0.2, 0.25) is 0 Å². The zero-order chi connectivity index (χ0) is 23.8. The van der Waals surface area contributed by atoms with Crippen molar-refractivity contribution in [2.45, 2.75) is 25.7 Å². The van der Waals surface area contributed by atoms with Gasteiger partial charge in [-0.05, 0) is 80.9 Å². The summed E-state index contributed by atoms with van der Waals surface area (Å²) in [7, 11) is 1.98. The third-order valence-electron chi connectivity index (χ3n) is 6.62. The van der Waals surface area contributed by atoms with Crippen LogP contribution in [0.1, 0.15) is 30.0 Å². The molecule has 8 nitrogen and oxygen atoms in total. The Labute approximate surface area is 203 Å². The van der Waals surface area contributed by atoms with Crippen LogP contribution in [-0.4, -0.2) is 37.6 Å². The Bertz CT molecular complexity index is 1520. The summed E-state index contributed by atoms with van der Waals surface area (Å²) in [5, 5.41) is 6.86. The molecule has 1 aliphatic heterocycles. The number of piperidine rings is 1. The molecule has 6 rings (SSSR count). The maximum Gasteiger partial charge on any atom is 0.160 e. The van der Waals surface area contributed by atoms with Crippen LogP contribution in [0.5, 0.6) is 11.5 Å². The normalized spacial score (nSPS) is 14.5. The Morgan fingerprint density at radius 1 is 0.971 bits per heavy atom. The lowest BCUT2D eigenvalue weighted by atomic mass is 9.94. The monoisotopic (exact) mass is 465 g/mol. The van der Waals surface area contributed by atoms with Crippen molar-refractivity contribution in [1.82, 2.24) is 29.8 Å². The van der Waals surface area contributed by atoms with Crippen LogP contribution in [0.3, 0.4) is 0 Å². The van der Waals surface area contributed by atoms with E-state index in [1.54, 1.807) is 12.7 Å². The number of benzene rings is 2. The Morgan fingerprint density at radius 3 is 2.71 bits per heavy atom. The lowest BCUT2D eigenvalue weighted by Gasteiger charge is -2.22. The van der Waals surface area contributed by atoms with E-state index in [1.165, 1.54) is 0 Å². The van der Waals surface area contributed by atoms with Gasteiger partial charge in [-0.25, -0.2) is 19.9 Å². The van der Waals surface area contributed by atoms with Gasteiger partial charge in [-0.2, -0.15) is 0 Å². The molecular formula is C27H27N7O. The number of hydrogen-bond acceptors (Lipinski definition) is 7. The average molecular weight is 466 g/mol. The number of hydrogen-bond donors (Lipinski definition) is 2. The van der Waals surface area contributed by atoms with E-state index in [0.29, 0.717) is 11.7 Å². The van der Waals surface area contributed by atoms with Gasteiger partial charge in [0.1, 0.15) is 23.3 Å². The van der Waals surface area contributed by atoms with Crippen molar-refractivity contribution in [1.29, 1.82) is 0 Å². The summed E-state index contributed by atoms with van der Waals surface area (Å²) in [6.07, 6.45) is 5.58. The zero-order valence-electron chi connectivity index (χ0n) is 19.8. The number of fused-ring (bicyclic) bond motifs is 2. The van der Waals surface area contributed by atoms with Crippen LogP contribution >= 0.6 is 0 Å². The molecule has 8 heteroatoms. The van der Waals surface area contributed by atoms with Gasteiger partial charge in [0.05, 0.1) is 22.9 Å². The van der Waals surface area contributed by atoms with E-state index in [0.717, 1.165) is 76.4 Å². The minimum atomic E-state index is 0.470. The van der Waals surface area contributed by atoms with Gasteiger partial charge in [-0.1, -0.05) is 0 Å². The van der Waals surface area contributed by atoms with E-state index in [4.69, 9.17) is 9.72 Å². The fourth-order valence-corrected chi connectivity index (χ4v) is 4.68. The number of nitrogens with one attached hydrogen (secondary N) is 2. The molecule has 2 N–H and O–H groups in total. The van der Waals surface area contributed by atoms with E-state index in [9.17, 15) is 0 Å². The SMILES string of the molecule is Cc1cc(Nc2ncnc3ccc(C4CCNCC4)nc23)ccc1Oc1ccc2c(c1)ncn2C. The van der Waals surface area contributed by atoms with Crippen LogP contribution in [0.4, 0.5) is 11.5 Å². The highest BCUT2D eigenvalue weighted by molar-refractivity contribution is 5.87. The molecule has 2 aromatic carbocycles. The van der Waals surface area contributed by atoms with Gasteiger partial charge in [0, 0.05) is 30.4 Å². The highest BCUT2D eigenvalue weighted by Gasteiger charge is 2.18. The van der Waals surface area contributed by atoms with Gasteiger partial charge >= 0.3 is 0 Å². The van der Waals surface area contributed by atoms with Crippen LogP contribution in [0.25, 0.3) is 22.1 Å². The van der Waals surface area contributed by atoms with Gasteiger partial charge in [-0.3, -0.25) is 0 Å². The van der Waals surface area contributed by atoms with E-state index in [1.807, 2.05) is 54.9 Å². The third kappa shape index (κ3) is 4.28. The van der Waals surface area contributed by atoms with Crippen LogP contribution in [0, 0.1) is 6.92 Å². The molecule has 4 heterocycles. The molecule has 0 amide bonds. The predicted octanol–water partition coefficient (Wildman–Crippen LogP) is 5.22. The second-order valence-corrected chi connectivity index (χ2v) is 9.06. The van der Waals surface area contributed by atoms with Crippen molar-refractivity contribution < 1.29 is 4.74 Å². The second-order valence-electron chi connectivity index (χ2n) is 9.06. The zero-order valence-corrected chi connectivity index (χ0v) is 19.8. The molecule has 1 aliphatic rings. The standard InChI is InChI=1S/C27H27N7O/c1-17-13-19(3-8-25(17)35-20-4-7-24-23(14-20)31-16-34(24)2)32-27-26-22(29-15-30-27)6-5-21(33-26)18-9-11-28-12-10-18/h3-8,13-16,18,28H,9-12H2,1-2H3,(H,29,30,32). The first-order valence-corrected chi connectivity index (χ1v) is 11.9. The molecule has 1 fully saturated rings. The topological polar surface area (TPSA) is 89.8 Å². The first-order chi connectivity index (χ1) is 17.1. The summed E-state index contributed by atoms with van der Waals surface area (Å²) in [6.45, 7) is 4.10. The Kier molecular flexibility index (Phi) is 5.50. The van der Waals surface area contributed by atoms with E-state index < -0.39 is 0 Å². The maximum absolute atomic E-state index is 6.16. The van der Waals surface area contributed by atoms with Gasteiger partial charge in [0.15, 0.2) is 5.82 Å². The van der Waals surface area contributed by atoms with Crippen molar-refractivity contribution in [3.63, 3.8) is 0 Å². The van der Waals surface area contributed by atoms with Gasteiger partial charge < -0.3 is 19.9 Å². The molecule has 5 aromatic rings. The molecule has 0 atom stereocenters. The molecule has 176 valence electrons. The van der Waals surface area contributed by atoms with E-state index in [2.05, 4.69) is 37.7 Å². The first kappa shape index (κ1) is 21.5. The van der Waals surface area contributed by atoms with E-state index in [-0.39, 0.29) is 0 Å². The predicted molar refractivity (Wildman–Crippen MR) is 137 cm³/mol. The van der Waals surface area contributed by atoms with Crippen LogP contribution in [0.15, 0.2) is 61.2 Å². The van der Waals surface area contributed by atoms with Crippen molar-refractivity contribution in [3.8, 4) is 11.5 Å². The minimum Gasteiger partial charge on any atom is -0.457 e. The van der Waals surface area contributed by atoms with Gasteiger partial charge in [-0.15, -0.1) is 0 Å². The first-order valence-electron chi connectivity index (χ1n) is 11.9. The average Bonchev–Trinajstić information content (AvgIpc) is 3.26. The number of anilines is 2. The minimum absolute atomic E-state index is 0.470. The molecule has 1 saturated heterocycles. The number of nitrogens with zero attached hydrogens (tertiary/aromatic N) is 5. The second kappa shape index (κ2) is 8.96. The lowest BCUT2D eigenvalue weighted by molar-refractivity contribution is 0.454. The quantitative estimate of drug-likeness (QED) is 0.368. The molecule has 0 spiro atoms. The Morgan fingerprint density at radius 2 is 1.86 bits per heavy atom. The molecule has 3 aromatic heterocycles. The summed E-state index contributed by atoms with van der Waals surface area (Å²) in [5.74, 6) is 2.73. The molecule has 0 unspecified atom stereocenters. The fraction of sp³-hybridized carbons (Fsp3) is 0.259. The smallest absolute Gasteiger partial charge is 0.160 e. The van der Waals surface area contributed by atoms with Crippen molar-refractivity contribution in [2.75, 3.05) is 18.4 Å². The highest BCUT2D eigenvalue weighted by atomic mass is 16.5. The third-order valence-corrected chi connectivity index (χ3v) is 6.62. The molecule has 0 aliphatic carbocycles. The molecule has 0 saturated carbocycles. The van der Waals surface area contributed by atoms with Crippen LogP contribution < -0.4 is 15.4 Å². The van der Waals surface area contributed by atoms with Gasteiger partial charge in [0.25, 0.3) is 0 Å².